The van der Waals surface area contributed by atoms with Gasteiger partial charge in [0.25, 0.3) is 11.1 Å². The Morgan fingerprint density at radius 2 is 1.87 bits per heavy atom. The molecule has 0 aromatic heterocycles. The Bertz CT molecular complexity index is 1050. The summed E-state index contributed by atoms with van der Waals surface area (Å²) in [6, 6.07) is 10.2. The smallest absolute Gasteiger partial charge is 0.294 e. The highest BCUT2D eigenvalue weighted by Crippen LogP contribution is 2.34. The van der Waals surface area contributed by atoms with E-state index in [4.69, 9.17) is 21.1 Å². The number of hydrogen-bond donors (Lipinski definition) is 1. The zero-order chi connectivity index (χ0) is 21.8. The molecular weight excluding hydrogens is 428 g/mol. The van der Waals surface area contributed by atoms with Crippen LogP contribution in [-0.2, 0) is 9.59 Å². The van der Waals surface area contributed by atoms with E-state index >= 15 is 0 Å². The minimum absolute atomic E-state index is 0.221. The van der Waals surface area contributed by atoms with Gasteiger partial charge in [-0.1, -0.05) is 23.7 Å². The number of rotatable bonds is 6. The van der Waals surface area contributed by atoms with Crippen molar-refractivity contribution in [1.82, 2.24) is 4.90 Å². The molecule has 1 aliphatic rings. The number of anilines is 1. The number of carbonyl (C=O) groups excluding carboxylic acids is 3. The van der Waals surface area contributed by atoms with Gasteiger partial charge in [0.1, 0.15) is 6.54 Å². The van der Waals surface area contributed by atoms with Gasteiger partial charge in [0.15, 0.2) is 11.5 Å². The SMILES string of the molecule is COc1ccc(/C=C2/SC(=O)N(CC(=O)Nc3cc(Cl)ccc3C)C2=O)cc1OC. The van der Waals surface area contributed by atoms with Crippen molar-refractivity contribution < 1.29 is 23.9 Å². The summed E-state index contributed by atoms with van der Waals surface area (Å²) in [7, 11) is 3.04. The molecule has 1 saturated heterocycles. The quantitative estimate of drug-likeness (QED) is 0.664. The van der Waals surface area contributed by atoms with Crippen LogP contribution in [0.4, 0.5) is 10.5 Å². The van der Waals surface area contributed by atoms with Crippen LogP contribution in [0.3, 0.4) is 0 Å². The van der Waals surface area contributed by atoms with E-state index in [1.54, 1.807) is 42.5 Å². The zero-order valence-corrected chi connectivity index (χ0v) is 18.1. The molecule has 0 spiro atoms. The number of methoxy groups -OCH3 is 2. The molecule has 156 valence electrons. The molecule has 0 unspecified atom stereocenters. The summed E-state index contributed by atoms with van der Waals surface area (Å²) in [6.07, 6.45) is 1.58. The van der Waals surface area contributed by atoms with Gasteiger partial charge in [-0.25, -0.2) is 0 Å². The largest absolute Gasteiger partial charge is 0.493 e. The molecule has 0 radical (unpaired) electrons. The van der Waals surface area contributed by atoms with Crippen LogP contribution < -0.4 is 14.8 Å². The molecule has 1 N–H and O–H groups in total. The molecule has 1 aliphatic heterocycles. The van der Waals surface area contributed by atoms with Gasteiger partial charge in [0.2, 0.25) is 5.91 Å². The van der Waals surface area contributed by atoms with E-state index in [1.807, 2.05) is 6.92 Å². The standard InChI is InChI=1S/C21H19ClN2O5S/c1-12-4-6-14(22)10-15(12)23-19(25)11-24-20(26)18(30-21(24)27)9-13-5-7-16(28-2)17(8-13)29-3/h4-10H,11H2,1-3H3,(H,23,25)/b18-9+. The molecule has 1 heterocycles. The minimum atomic E-state index is -0.530. The molecule has 0 atom stereocenters. The second-order valence-electron chi connectivity index (χ2n) is 6.39. The van der Waals surface area contributed by atoms with Gasteiger partial charge < -0.3 is 14.8 Å². The first-order chi connectivity index (χ1) is 14.3. The van der Waals surface area contributed by atoms with Crippen molar-refractivity contribution in [2.75, 3.05) is 26.1 Å². The van der Waals surface area contributed by atoms with Crippen molar-refractivity contribution in [2.24, 2.45) is 0 Å². The fourth-order valence-electron chi connectivity index (χ4n) is 2.79. The van der Waals surface area contributed by atoms with Crippen molar-refractivity contribution in [1.29, 1.82) is 0 Å². The first kappa shape index (κ1) is 21.7. The molecular formula is C21H19ClN2O5S. The third-order valence-electron chi connectivity index (χ3n) is 4.35. The van der Waals surface area contributed by atoms with Gasteiger partial charge in [-0.05, 0) is 60.2 Å². The second kappa shape index (κ2) is 9.23. The Labute approximate surface area is 183 Å². The Balaban J connectivity index is 1.73. The van der Waals surface area contributed by atoms with E-state index < -0.39 is 17.1 Å². The van der Waals surface area contributed by atoms with Crippen molar-refractivity contribution in [2.45, 2.75) is 6.92 Å². The third-order valence-corrected chi connectivity index (χ3v) is 5.50. The Morgan fingerprint density at radius 1 is 1.13 bits per heavy atom. The predicted molar refractivity (Wildman–Crippen MR) is 117 cm³/mol. The highest BCUT2D eigenvalue weighted by molar-refractivity contribution is 8.18. The number of hydrogen-bond acceptors (Lipinski definition) is 6. The summed E-state index contributed by atoms with van der Waals surface area (Å²) in [5, 5.41) is 2.65. The van der Waals surface area contributed by atoms with E-state index in [9.17, 15) is 14.4 Å². The number of amides is 3. The Hall–Kier alpha value is -2.97. The third kappa shape index (κ3) is 4.77. The fourth-order valence-corrected chi connectivity index (χ4v) is 3.80. The zero-order valence-electron chi connectivity index (χ0n) is 16.5. The van der Waals surface area contributed by atoms with E-state index in [2.05, 4.69) is 5.32 Å². The normalized spacial score (nSPS) is 14.9. The average molecular weight is 447 g/mol. The van der Waals surface area contributed by atoms with Crippen LogP contribution in [-0.4, -0.2) is 42.7 Å². The number of nitrogens with one attached hydrogen (secondary N) is 1. The highest BCUT2D eigenvalue weighted by atomic mass is 35.5. The van der Waals surface area contributed by atoms with Crippen molar-refractivity contribution in [3.8, 4) is 11.5 Å². The molecule has 7 nitrogen and oxygen atoms in total. The molecule has 3 rings (SSSR count). The summed E-state index contributed by atoms with van der Waals surface area (Å²) in [6.45, 7) is 1.43. The summed E-state index contributed by atoms with van der Waals surface area (Å²) in [5.41, 5.74) is 2.01. The van der Waals surface area contributed by atoms with Crippen LogP contribution in [0.25, 0.3) is 6.08 Å². The van der Waals surface area contributed by atoms with E-state index in [1.165, 1.54) is 14.2 Å². The van der Waals surface area contributed by atoms with Gasteiger partial charge in [0, 0.05) is 10.7 Å². The van der Waals surface area contributed by atoms with Gasteiger partial charge in [-0.15, -0.1) is 0 Å². The fraction of sp³-hybridized carbons (Fsp3) is 0.190. The minimum Gasteiger partial charge on any atom is -0.493 e. The van der Waals surface area contributed by atoms with Crippen LogP contribution >= 0.6 is 23.4 Å². The van der Waals surface area contributed by atoms with E-state index in [0.717, 1.165) is 22.2 Å². The van der Waals surface area contributed by atoms with Crippen LogP contribution in [0.15, 0.2) is 41.3 Å². The summed E-state index contributed by atoms with van der Waals surface area (Å²) < 4.78 is 10.4. The topological polar surface area (TPSA) is 84.9 Å². The molecule has 0 saturated carbocycles. The molecule has 2 aromatic carbocycles. The lowest BCUT2D eigenvalue weighted by atomic mass is 10.2. The maximum absolute atomic E-state index is 12.7. The lowest BCUT2D eigenvalue weighted by Crippen LogP contribution is -2.36. The van der Waals surface area contributed by atoms with Crippen molar-refractivity contribution >= 4 is 52.2 Å². The van der Waals surface area contributed by atoms with Crippen molar-refractivity contribution in [3.05, 3.63) is 57.5 Å². The molecule has 9 heteroatoms. The highest BCUT2D eigenvalue weighted by Gasteiger charge is 2.36. The van der Waals surface area contributed by atoms with Crippen LogP contribution in [0.1, 0.15) is 11.1 Å². The van der Waals surface area contributed by atoms with E-state index in [-0.39, 0.29) is 11.4 Å². The lowest BCUT2D eigenvalue weighted by Gasteiger charge is -2.13. The number of ether oxygens (including phenoxy) is 2. The molecule has 2 aromatic rings. The van der Waals surface area contributed by atoms with E-state index in [0.29, 0.717) is 27.8 Å². The predicted octanol–water partition coefficient (Wildman–Crippen LogP) is 4.34. The number of aryl methyl sites for hydroxylation is 1. The molecule has 0 aliphatic carbocycles. The summed E-state index contributed by atoms with van der Waals surface area (Å²) in [5.74, 6) is 0.0327. The Morgan fingerprint density at radius 3 is 2.57 bits per heavy atom. The first-order valence-corrected chi connectivity index (χ1v) is 10.0. The van der Waals surface area contributed by atoms with Crippen LogP contribution in [0.5, 0.6) is 11.5 Å². The number of nitrogens with zero attached hydrogens (tertiary/aromatic N) is 1. The Kier molecular flexibility index (Phi) is 6.69. The van der Waals surface area contributed by atoms with Gasteiger partial charge >= 0.3 is 0 Å². The molecule has 30 heavy (non-hydrogen) atoms. The molecule has 1 fully saturated rings. The van der Waals surface area contributed by atoms with Gasteiger partial charge in [-0.2, -0.15) is 0 Å². The monoisotopic (exact) mass is 446 g/mol. The van der Waals surface area contributed by atoms with Crippen LogP contribution in [0.2, 0.25) is 5.02 Å². The summed E-state index contributed by atoms with van der Waals surface area (Å²) in [4.78, 5) is 38.5. The maximum Gasteiger partial charge on any atom is 0.294 e. The number of imide groups is 1. The number of halogens is 1. The van der Waals surface area contributed by atoms with Gasteiger partial charge in [0.05, 0.1) is 19.1 Å². The number of thioether (sulfide) groups is 1. The first-order valence-electron chi connectivity index (χ1n) is 8.85. The maximum atomic E-state index is 12.7. The summed E-state index contributed by atoms with van der Waals surface area (Å²) >= 11 is 6.74. The molecule has 3 amide bonds. The van der Waals surface area contributed by atoms with Gasteiger partial charge in [-0.3, -0.25) is 19.3 Å². The van der Waals surface area contributed by atoms with Crippen molar-refractivity contribution in [3.63, 3.8) is 0 Å². The molecule has 0 bridgehead atoms. The van der Waals surface area contributed by atoms with Crippen LogP contribution in [0, 0.1) is 6.92 Å². The second-order valence-corrected chi connectivity index (χ2v) is 7.82. The lowest BCUT2D eigenvalue weighted by molar-refractivity contribution is -0.127. The number of carbonyl (C=O) groups is 3. The number of benzene rings is 2. The average Bonchev–Trinajstić information content (AvgIpc) is 2.98.